The van der Waals surface area contributed by atoms with Gasteiger partial charge >= 0.3 is 11.8 Å². The molecule has 0 aliphatic carbocycles. The lowest BCUT2D eigenvalue weighted by molar-refractivity contribution is -0.145. The maximum atomic E-state index is 12.4. The van der Waals surface area contributed by atoms with Gasteiger partial charge in [0.2, 0.25) is 10.0 Å². The monoisotopic (exact) mass is 423 g/mol. The lowest BCUT2D eigenvalue weighted by atomic mass is 9.85. The fraction of sp³-hybridized carbons (Fsp3) is 0.619. The Balaban J connectivity index is 1.96. The number of nitrogens with one attached hydrogen (secondary N) is 1. The molecule has 2 amide bonds. The van der Waals surface area contributed by atoms with Crippen molar-refractivity contribution in [2.24, 2.45) is 0 Å². The van der Waals surface area contributed by atoms with Crippen LogP contribution in [0, 0.1) is 0 Å². The van der Waals surface area contributed by atoms with Crippen molar-refractivity contribution in [2.75, 3.05) is 36.8 Å². The van der Waals surface area contributed by atoms with Gasteiger partial charge in [0.15, 0.2) is 0 Å². The Labute approximate surface area is 174 Å². The van der Waals surface area contributed by atoms with Crippen LogP contribution in [0.4, 0.5) is 5.69 Å². The molecule has 7 nitrogen and oxygen atoms in total. The molecule has 0 atom stereocenters. The van der Waals surface area contributed by atoms with E-state index >= 15 is 0 Å². The number of benzene rings is 1. The number of nitrogens with zero attached hydrogens (tertiary/aromatic N) is 2. The lowest BCUT2D eigenvalue weighted by Gasteiger charge is -2.38. The van der Waals surface area contributed by atoms with E-state index in [9.17, 15) is 18.0 Å². The van der Waals surface area contributed by atoms with Crippen molar-refractivity contribution >= 4 is 27.5 Å². The van der Waals surface area contributed by atoms with Crippen LogP contribution in [-0.4, -0.2) is 57.1 Å². The van der Waals surface area contributed by atoms with Crippen LogP contribution >= 0.6 is 0 Å². The summed E-state index contributed by atoms with van der Waals surface area (Å²) in [5, 5.41) is 0. The lowest BCUT2D eigenvalue weighted by Crippen LogP contribution is -2.53. The highest BCUT2D eigenvalue weighted by Gasteiger charge is 2.30. The summed E-state index contributed by atoms with van der Waals surface area (Å²) in [4.78, 5) is 28.2. The third kappa shape index (κ3) is 6.45. The van der Waals surface area contributed by atoms with Crippen molar-refractivity contribution in [3.8, 4) is 0 Å². The van der Waals surface area contributed by atoms with Crippen LogP contribution in [0.1, 0.15) is 52.5 Å². The Bertz CT molecular complexity index is 823. The molecule has 1 heterocycles. The van der Waals surface area contributed by atoms with Gasteiger partial charge in [-0.05, 0) is 23.5 Å². The number of rotatable bonds is 6. The van der Waals surface area contributed by atoms with Gasteiger partial charge in [0, 0.05) is 31.9 Å². The number of carbonyl (C=O) groups is 2. The number of anilines is 1. The van der Waals surface area contributed by atoms with Gasteiger partial charge in [-0.1, -0.05) is 58.7 Å². The van der Waals surface area contributed by atoms with Crippen LogP contribution in [0.5, 0.6) is 0 Å². The molecule has 29 heavy (non-hydrogen) atoms. The van der Waals surface area contributed by atoms with Gasteiger partial charge in [0.25, 0.3) is 0 Å². The zero-order valence-electron chi connectivity index (χ0n) is 17.9. The second-order valence-corrected chi connectivity index (χ2v) is 10.3. The van der Waals surface area contributed by atoms with E-state index in [1.54, 1.807) is 0 Å². The van der Waals surface area contributed by atoms with E-state index in [4.69, 9.17) is 0 Å². The smallest absolute Gasteiger partial charge is 0.322 e. The zero-order chi connectivity index (χ0) is 21.7. The molecule has 0 aromatic heterocycles. The van der Waals surface area contributed by atoms with Crippen molar-refractivity contribution in [3.63, 3.8) is 0 Å². The predicted octanol–water partition coefficient (Wildman–Crippen LogP) is 2.27. The summed E-state index contributed by atoms with van der Waals surface area (Å²) < 4.78 is 25.8. The first-order chi connectivity index (χ1) is 13.5. The van der Waals surface area contributed by atoms with Gasteiger partial charge in [-0.2, -0.15) is 0 Å². The minimum absolute atomic E-state index is 0.00440. The van der Waals surface area contributed by atoms with Gasteiger partial charge in [-0.25, -0.2) is 13.1 Å². The van der Waals surface area contributed by atoms with E-state index in [2.05, 4.69) is 37.8 Å². The highest BCUT2D eigenvalue weighted by atomic mass is 32.2. The second-order valence-electron chi connectivity index (χ2n) is 8.50. The highest BCUT2D eigenvalue weighted by molar-refractivity contribution is 7.90. The van der Waals surface area contributed by atoms with E-state index in [0.717, 1.165) is 18.5 Å². The van der Waals surface area contributed by atoms with Crippen molar-refractivity contribution in [3.05, 3.63) is 29.8 Å². The zero-order valence-corrected chi connectivity index (χ0v) is 18.7. The normalized spacial score (nSPS) is 15.3. The van der Waals surface area contributed by atoms with E-state index in [1.807, 2.05) is 23.8 Å². The molecule has 0 saturated carbocycles. The Morgan fingerprint density at radius 1 is 1.03 bits per heavy atom. The number of hydrogen-bond donors (Lipinski definition) is 1. The Hall–Kier alpha value is -2.09. The molecule has 0 bridgehead atoms. The van der Waals surface area contributed by atoms with Gasteiger partial charge in [-0.15, -0.1) is 0 Å². The first kappa shape index (κ1) is 23.2. The number of unbranched alkanes of at least 4 members (excludes halogenated alkanes) is 2. The van der Waals surface area contributed by atoms with E-state index in [0.29, 0.717) is 32.6 Å². The summed E-state index contributed by atoms with van der Waals surface area (Å²) in [5.74, 6) is -1.99. The SMILES string of the molecule is CCCCCS(=O)(=O)NC(=O)C(=O)N1CCN(c2ccccc2C(C)(C)C)CC1. The molecule has 1 N–H and O–H groups in total. The summed E-state index contributed by atoms with van der Waals surface area (Å²) in [5.41, 5.74) is 2.36. The van der Waals surface area contributed by atoms with E-state index < -0.39 is 21.8 Å². The quantitative estimate of drug-likeness (QED) is 0.560. The topological polar surface area (TPSA) is 86.8 Å². The molecule has 0 unspecified atom stereocenters. The Kier molecular flexibility index (Phi) is 7.68. The minimum atomic E-state index is -3.77. The largest absolute Gasteiger partial charge is 0.368 e. The molecular formula is C21H33N3O4S. The molecule has 162 valence electrons. The molecule has 2 rings (SSSR count). The number of sulfonamides is 1. The Morgan fingerprint density at radius 3 is 2.24 bits per heavy atom. The molecule has 1 aliphatic heterocycles. The van der Waals surface area contributed by atoms with Crippen molar-refractivity contribution in [1.29, 1.82) is 0 Å². The molecule has 1 fully saturated rings. The van der Waals surface area contributed by atoms with Crippen LogP contribution in [0.3, 0.4) is 0 Å². The van der Waals surface area contributed by atoms with Gasteiger partial charge in [0.05, 0.1) is 5.75 Å². The molecule has 0 spiro atoms. The number of hydrogen-bond acceptors (Lipinski definition) is 5. The number of carbonyl (C=O) groups excluding carboxylic acids is 2. The van der Waals surface area contributed by atoms with Gasteiger partial charge < -0.3 is 9.80 Å². The molecule has 1 aliphatic rings. The number of para-hydroxylation sites is 1. The molecule has 1 aromatic carbocycles. The minimum Gasteiger partial charge on any atom is -0.368 e. The summed E-state index contributed by atoms with van der Waals surface area (Å²) in [6.07, 6.45) is 2.12. The number of piperazine rings is 1. The highest BCUT2D eigenvalue weighted by Crippen LogP contribution is 2.32. The van der Waals surface area contributed by atoms with Crippen LogP contribution in [0.25, 0.3) is 0 Å². The first-order valence-corrected chi connectivity index (χ1v) is 11.9. The maximum Gasteiger partial charge on any atom is 0.322 e. The summed E-state index contributed by atoms with van der Waals surface area (Å²) >= 11 is 0. The van der Waals surface area contributed by atoms with Crippen LogP contribution < -0.4 is 9.62 Å². The molecule has 1 saturated heterocycles. The molecule has 0 radical (unpaired) electrons. The fourth-order valence-electron chi connectivity index (χ4n) is 3.46. The maximum absolute atomic E-state index is 12.4. The van der Waals surface area contributed by atoms with Gasteiger partial charge in [-0.3, -0.25) is 9.59 Å². The second kappa shape index (κ2) is 9.61. The summed E-state index contributed by atoms with van der Waals surface area (Å²) in [7, 11) is -3.77. The first-order valence-electron chi connectivity index (χ1n) is 10.2. The van der Waals surface area contributed by atoms with Crippen molar-refractivity contribution < 1.29 is 18.0 Å². The predicted molar refractivity (Wildman–Crippen MR) is 115 cm³/mol. The summed E-state index contributed by atoms with van der Waals surface area (Å²) in [6, 6.07) is 8.21. The molecular weight excluding hydrogens is 390 g/mol. The van der Waals surface area contributed by atoms with Crippen molar-refractivity contribution in [2.45, 2.75) is 52.4 Å². The third-order valence-electron chi connectivity index (χ3n) is 5.08. The molecule has 1 aromatic rings. The average Bonchev–Trinajstić information content (AvgIpc) is 2.66. The average molecular weight is 424 g/mol. The van der Waals surface area contributed by atoms with Crippen LogP contribution in [0.15, 0.2) is 24.3 Å². The van der Waals surface area contributed by atoms with Gasteiger partial charge in [0.1, 0.15) is 0 Å². The third-order valence-corrected chi connectivity index (χ3v) is 6.40. The Morgan fingerprint density at radius 2 is 1.66 bits per heavy atom. The summed E-state index contributed by atoms with van der Waals surface area (Å²) in [6.45, 7) is 10.4. The number of amides is 2. The van der Waals surface area contributed by atoms with Crippen molar-refractivity contribution in [1.82, 2.24) is 9.62 Å². The molecule has 8 heteroatoms. The van der Waals surface area contributed by atoms with E-state index in [1.165, 1.54) is 10.5 Å². The van der Waals surface area contributed by atoms with E-state index in [-0.39, 0.29) is 11.2 Å². The van der Waals surface area contributed by atoms with Crippen LogP contribution in [0.2, 0.25) is 0 Å². The fourth-order valence-corrected chi connectivity index (χ4v) is 4.51. The van der Waals surface area contributed by atoms with Crippen LogP contribution in [-0.2, 0) is 25.0 Å². The standard InChI is InChI=1S/C21H33N3O4S/c1-5-6-9-16-29(27,28)22-19(25)20(26)24-14-12-23(13-15-24)18-11-8-7-10-17(18)21(2,3)4/h7-8,10-11H,5-6,9,12-16H2,1-4H3,(H,22,25).